The average Bonchev–Trinajstić information content (AvgIpc) is 2.83. The van der Waals surface area contributed by atoms with E-state index in [1.54, 1.807) is 0 Å². The Hall–Kier alpha value is -0.990. The van der Waals surface area contributed by atoms with Crippen LogP contribution in [-0.2, 0) is 14.8 Å². The molecule has 5 nitrogen and oxygen atoms in total. The number of nitrogens with zero attached hydrogens (tertiary/aromatic N) is 1. The first-order chi connectivity index (χ1) is 9.87. The van der Waals surface area contributed by atoms with E-state index in [4.69, 9.17) is 0 Å². The number of thiophene rings is 1. The van der Waals surface area contributed by atoms with Crippen molar-refractivity contribution in [1.82, 2.24) is 4.31 Å². The molecule has 1 aromatic rings. The second-order valence-electron chi connectivity index (χ2n) is 5.74. The molecule has 0 amide bonds. The lowest BCUT2D eigenvalue weighted by molar-refractivity contribution is -0.146. The minimum Gasteiger partial charge on any atom is -0.481 e. The van der Waals surface area contributed by atoms with E-state index in [9.17, 15) is 22.7 Å². The largest absolute Gasteiger partial charge is 0.481 e. The number of hydrogen-bond acceptors (Lipinski definition) is 4. The second kappa shape index (κ2) is 5.03. The van der Waals surface area contributed by atoms with Gasteiger partial charge in [0.25, 0.3) is 10.0 Å². The third kappa shape index (κ3) is 2.29. The van der Waals surface area contributed by atoms with Crippen molar-refractivity contribution < 1.29 is 22.7 Å². The Morgan fingerprint density at radius 1 is 1.48 bits per heavy atom. The summed E-state index contributed by atoms with van der Waals surface area (Å²) in [6.07, 6.45) is 2.80. The van der Waals surface area contributed by atoms with Crippen molar-refractivity contribution in [2.75, 3.05) is 6.54 Å². The zero-order valence-corrected chi connectivity index (χ0v) is 12.9. The maximum atomic E-state index is 13.7. The van der Waals surface area contributed by atoms with Crippen LogP contribution in [0.4, 0.5) is 4.39 Å². The van der Waals surface area contributed by atoms with Crippen molar-refractivity contribution in [2.45, 2.75) is 41.9 Å². The molecule has 0 bridgehead atoms. The number of carboxylic acid groups (broad SMARTS) is 1. The van der Waals surface area contributed by atoms with Crippen molar-refractivity contribution in [3.8, 4) is 0 Å². The summed E-state index contributed by atoms with van der Waals surface area (Å²) in [5, 5.41) is 10.6. The van der Waals surface area contributed by atoms with E-state index in [0.29, 0.717) is 19.3 Å². The van der Waals surface area contributed by atoms with Gasteiger partial charge in [-0.2, -0.15) is 4.31 Å². The third-order valence-corrected chi connectivity index (χ3v) is 7.99. The zero-order chi connectivity index (χ0) is 15.3. The van der Waals surface area contributed by atoms with E-state index in [1.165, 1.54) is 9.69 Å². The molecule has 1 atom stereocenters. The van der Waals surface area contributed by atoms with Gasteiger partial charge in [-0.1, -0.05) is 0 Å². The summed E-state index contributed by atoms with van der Waals surface area (Å²) in [5.41, 5.74) is -0.628. The van der Waals surface area contributed by atoms with Crippen LogP contribution in [0.3, 0.4) is 0 Å². The van der Waals surface area contributed by atoms with Gasteiger partial charge in [-0.3, -0.25) is 4.79 Å². The molecule has 3 rings (SSSR count). The molecular formula is C13H16FNO4S2. The number of carboxylic acids is 1. The first-order valence-electron chi connectivity index (χ1n) is 6.85. The molecule has 116 valence electrons. The number of rotatable bonds is 3. The maximum Gasteiger partial charge on any atom is 0.306 e. The number of hydrogen-bond donors (Lipinski definition) is 1. The van der Waals surface area contributed by atoms with Crippen molar-refractivity contribution in [3.63, 3.8) is 0 Å². The van der Waals surface area contributed by atoms with Crippen LogP contribution in [0.1, 0.15) is 32.1 Å². The minimum atomic E-state index is -3.88. The van der Waals surface area contributed by atoms with Crippen LogP contribution in [-0.4, -0.2) is 35.9 Å². The van der Waals surface area contributed by atoms with Crippen molar-refractivity contribution in [3.05, 3.63) is 17.3 Å². The van der Waals surface area contributed by atoms with Crippen molar-refractivity contribution >= 4 is 27.3 Å². The van der Waals surface area contributed by atoms with E-state index in [2.05, 4.69) is 0 Å². The van der Waals surface area contributed by atoms with Gasteiger partial charge in [-0.05, 0) is 43.6 Å². The van der Waals surface area contributed by atoms with E-state index >= 15 is 0 Å². The normalized spacial score (nSPS) is 25.7. The van der Waals surface area contributed by atoms with Crippen LogP contribution in [0, 0.1) is 11.7 Å². The number of sulfonamides is 1. The molecule has 2 heterocycles. The molecule has 1 unspecified atom stereocenters. The Labute approximate surface area is 126 Å². The monoisotopic (exact) mass is 333 g/mol. The molecule has 0 aromatic carbocycles. The molecule has 2 aliphatic rings. The molecule has 1 saturated heterocycles. The summed E-state index contributed by atoms with van der Waals surface area (Å²) in [7, 11) is -3.88. The molecular weight excluding hydrogens is 317 g/mol. The van der Waals surface area contributed by atoms with Crippen LogP contribution in [0.2, 0.25) is 0 Å². The first kappa shape index (κ1) is 14.9. The lowest BCUT2D eigenvalue weighted by Gasteiger charge is -2.53. The fourth-order valence-electron chi connectivity index (χ4n) is 3.36. The molecule has 1 N–H and O–H groups in total. The maximum absolute atomic E-state index is 13.7. The van der Waals surface area contributed by atoms with Gasteiger partial charge in [-0.15, -0.1) is 11.3 Å². The quantitative estimate of drug-likeness (QED) is 0.921. The highest BCUT2D eigenvalue weighted by atomic mass is 32.2. The van der Waals surface area contributed by atoms with Gasteiger partial charge in [0.2, 0.25) is 0 Å². The highest BCUT2D eigenvalue weighted by molar-refractivity contribution is 7.91. The summed E-state index contributed by atoms with van der Waals surface area (Å²) < 4.78 is 40.2. The summed E-state index contributed by atoms with van der Waals surface area (Å²) in [6.45, 7) is 0.149. The van der Waals surface area contributed by atoms with E-state index in [0.717, 1.165) is 23.8 Å². The smallest absolute Gasteiger partial charge is 0.306 e. The second-order valence-corrected chi connectivity index (χ2v) is 8.71. The van der Waals surface area contributed by atoms with E-state index in [-0.39, 0.29) is 17.2 Å². The molecule has 2 fully saturated rings. The first-order valence-corrected chi connectivity index (χ1v) is 9.17. The van der Waals surface area contributed by atoms with Crippen molar-refractivity contribution in [1.29, 1.82) is 0 Å². The standard InChI is InChI=1S/C13H16FNO4S2/c14-10-3-7-20-12(10)21(18,19)15-6-2-9(11(16)17)8-13(15)4-1-5-13/h3,7,9H,1-2,4-6,8H2,(H,16,17). The lowest BCUT2D eigenvalue weighted by Crippen LogP contribution is -2.60. The van der Waals surface area contributed by atoms with Gasteiger partial charge in [0.1, 0.15) is 0 Å². The Kier molecular flexibility index (Phi) is 3.58. The lowest BCUT2D eigenvalue weighted by atomic mass is 9.68. The van der Waals surface area contributed by atoms with Crippen LogP contribution in [0.25, 0.3) is 0 Å². The fourth-order valence-corrected chi connectivity index (χ4v) is 6.40. The highest BCUT2D eigenvalue weighted by Crippen LogP contribution is 2.49. The molecule has 0 radical (unpaired) electrons. The van der Waals surface area contributed by atoms with Gasteiger partial charge in [0, 0.05) is 12.1 Å². The van der Waals surface area contributed by atoms with Gasteiger partial charge < -0.3 is 5.11 Å². The Bertz CT molecular complexity index is 665. The minimum absolute atomic E-state index is 0.149. The van der Waals surface area contributed by atoms with E-state index in [1.807, 2.05) is 0 Å². The molecule has 1 spiro atoms. The number of carbonyl (C=O) groups is 1. The fraction of sp³-hybridized carbons (Fsp3) is 0.615. The topological polar surface area (TPSA) is 74.7 Å². The summed E-state index contributed by atoms with van der Waals surface area (Å²) in [4.78, 5) is 11.2. The molecule has 8 heteroatoms. The molecule has 21 heavy (non-hydrogen) atoms. The predicted molar refractivity (Wildman–Crippen MR) is 75.1 cm³/mol. The molecule has 1 saturated carbocycles. The van der Waals surface area contributed by atoms with Crippen LogP contribution < -0.4 is 0 Å². The Balaban J connectivity index is 1.95. The van der Waals surface area contributed by atoms with Gasteiger partial charge in [0.05, 0.1) is 5.92 Å². The molecule has 1 aromatic heterocycles. The highest BCUT2D eigenvalue weighted by Gasteiger charge is 2.53. The Morgan fingerprint density at radius 2 is 2.19 bits per heavy atom. The summed E-state index contributed by atoms with van der Waals surface area (Å²) >= 11 is 0.872. The molecule has 1 aliphatic heterocycles. The van der Waals surface area contributed by atoms with Crippen molar-refractivity contribution in [2.24, 2.45) is 5.92 Å². The predicted octanol–water partition coefficient (Wildman–Crippen LogP) is 2.30. The number of aliphatic carboxylic acids is 1. The average molecular weight is 333 g/mol. The van der Waals surface area contributed by atoms with Crippen LogP contribution >= 0.6 is 11.3 Å². The number of piperidine rings is 1. The summed E-state index contributed by atoms with van der Waals surface area (Å²) in [6, 6.07) is 1.15. The van der Waals surface area contributed by atoms with Gasteiger partial charge >= 0.3 is 5.97 Å². The van der Waals surface area contributed by atoms with Gasteiger partial charge in [0.15, 0.2) is 10.0 Å². The Morgan fingerprint density at radius 3 is 2.67 bits per heavy atom. The summed E-state index contributed by atoms with van der Waals surface area (Å²) in [5.74, 6) is -2.11. The third-order valence-electron chi connectivity index (χ3n) is 4.58. The van der Waals surface area contributed by atoms with Crippen LogP contribution in [0.15, 0.2) is 15.7 Å². The van der Waals surface area contributed by atoms with E-state index < -0.39 is 33.3 Å². The number of halogens is 1. The zero-order valence-electron chi connectivity index (χ0n) is 11.3. The van der Waals surface area contributed by atoms with Crippen LogP contribution in [0.5, 0.6) is 0 Å². The SMILES string of the molecule is O=C(O)C1CCN(S(=O)(=O)c2sccc2F)C2(CCC2)C1. The van der Waals surface area contributed by atoms with Gasteiger partial charge in [-0.25, -0.2) is 12.8 Å². The molecule has 1 aliphatic carbocycles.